The first-order valence-corrected chi connectivity index (χ1v) is 7.26. The van der Waals surface area contributed by atoms with Crippen LogP contribution in [0.1, 0.15) is 19.8 Å². The predicted molar refractivity (Wildman–Crippen MR) is 81.0 cm³/mol. The second-order valence-electron chi connectivity index (χ2n) is 5.46. The zero-order valence-corrected chi connectivity index (χ0v) is 12.1. The van der Waals surface area contributed by atoms with Crippen molar-refractivity contribution in [3.63, 3.8) is 0 Å². The van der Waals surface area contributed by atoms with Crippen LogP contribution in [0.5, 0.6) is 0 Å². The molecule has 0 saturated carbocycles. The van der Waals surface area contributed by atoms with Gasteiger partial charge in [0, 0.05) is 30.8 Å². The molecule has 0 radical (unpaired) electrons. The molecule has 6 nitrogen and oxygen atoms in total. The number of nitrogens with one attached hydrogen (secondary N) is 1. The summed E-state index contributed by atoms with van der Waals surface area (Å²) in [5.41, 5.74) is 7.11. The van der Waals surface area contributed by atoms with Crippen LogP contribution in [-0.4, -0.2) is 34.4 Å². The van der Waals surface area contributed by atoms with Gasteiger partial charge < -0.3 is 15.8 Å². The number of fused-ring (bicyclic) bond motifs is 1. The highest BCUT2D eigenvalue weighted by Gasteiger charge is 2.35. The van der Waals surface area contributed by atoms with Crippen LogP contribution in [-0.2, 0) is 16.1 Å². The van der Waals surface area contributed by atoms with Crippen LogP contribution in [0.25, 0.3) is 10.9 Å². The van der Waals surface area contributed by atoms with E-state index in [4.69, 9.17) is 10.5 Å². The zero-order chi connectivity index (χ0) is 14.9. The first-order chi connectivity index (χ1) is 10.1. The maximum atomic E-state index is 12.4. The number of nitrogens with zero attached hydrogens (tertiary/aromatic N) is 2. The van der Waals surface area contributed by atoms with E-state index >= 15 is 0 Å². The Morgan fingerprint density at radius 1 is 1.48 bits per heavy atom. The van der Waals surface area contributed by atoms with E-state index in [1.807, 2.05) is 36.0 Å². The topological polar surface area (TPSA) is 82.2 Å². The molecule has 0 atom stereocenters. The normalized spacial score (nSPS) is 17.8. The summed E-state index contributed by atoms with van der Waals surface area (Å²) in [7, 11) is 0. The number of rotatable bonds is 3. The van der Waals surface area contributed by atoms with E-state index in [0.29, 0.717) is 26.1 Å². The molecule has 1 fully saturated rings. The zero-order valence-electron chi connectivity index (χ0n) is 12.1. The smallest absolute Gasteiger partial charge is 0.244 e. The Labute approximate surface area is 123 Å². The highest BCUT2D eigenvalue weighted by Crippen LogP contribution is 2.23. The predicted octanol–water partition coefficient (Wildman–Crippen LogP) is 1.50. The molecule has 0 unspecified atom stereocenters. The number of ether oxygens (including phenoxy) is 1. The molecule has 0 aliphatic carbocycles. The number of nitrogens with two attached hydrogens (primary N) is 1. The van der Waals surface area contributed by atoms with Crippen LogP contribution < -0.4 is 11.1 Å². The molecule has 6 heteroatoms. The fourth-order valence-corrected chi connectivity index (χ4v) is 2.62. The van der Waals surface area contributed by atoms with Gasteiger partial charge in [-0.25, -0.2) is 0 Å². The largest absolute Gasteiger partial charge is 0.381 e. The summed E-state index contributed by atoms with van der Waals surface area (Å²) in [6.45, 7) is 3.89. The molecule has 1 aromatic carbocycles. The van der Waals surface area contributed by atoms with Gasteiger partial charge in [-0.15, -0.1) is 0 Å². The van der Waals surface area contributed by atoms with Gasteiger partial charge in [-0.05, 0) is 38.0 Å². The standard InChI is InChI=1S/C15H20N4O2/c1-2-19-13-9-12(4-3-11(13)10-17-19)18-14(20)15(16)5-7-21-8-6-15/h3-4,9-10H,2,5-8,16H2,1H3,(H,18,20). The molecule has 1 aliphatic rings. The Hall–Kier alpha value is -1.92. The lowest BCUT2D eigenvalue weighted by molar-refractivity contribution is -0.124. The number of carbonyl (C=O) groups excluding carboxylic acids is 1. The average molecular weight is 288 g/mol. The number of carbonyl (C=O) groups is 1. The van der Waals surface area contributed by atoms with Crippen molar-refractivity contribution in [1.29, 1.82) is 0 Å². The van der Waals surface area contributed by atoms with Crippen molar-refractivity contribution in [3.05, 3.63) is 24.4 Å². The number of anilines is 1. The SMILES string of the molecule is CCn1ncc2ccc(NC(=O)C3(N)CCOCC3)cc21. The molecule has 0 bridgehead atoms. The number of aromatic nitrogens is 2. The Bertz CT molecular complexity index is 659. The van der Waals surface area contributed by atoms with Crippen molar-refractivity contribution in [2.45, 2.75) is 31.8 Å². The van der Waals surface area contributed by atoms with E-state index in [1.54, 1.807) is 0 Å². The van der Waals surface area contributed by atoms with Crippen molar-refractivity contribution >= 4 is 22.5 Å². The average Bonchev–Trinajstić information content (AvgIpc) is 2.90. The number of hydrogen-bond acceptors (Lipinski definition) is 4. The first-order valence-electron chi connectivity index (χ1n) is 7.26. The third kappa shape index (κ3) is 2.64. The van der Waals surface area contributed by atoms with Gasteiger partial charge >= 0.3 is 0 Å². The van der Waals surface area contributed by atoms with E-state index in [2.05, 4.69) is 10.4 Å². The van der Waals surface area contributed by atoms with Gasteiger partial charge in [0.25, 0.3) is 0 Å². The summed E-state index contributed by atoms with van der Waals surface area (Å²) in [4.78, 5) is 12.4. The molecule has 1 aliphatic heterocycles. The molecule has 0 spiro atoms. The lowest BCUT2D eigenvalue weighted by Gasteiger charge is -2.31. The molecule has 1 amide bonds. The summed E-state index contributed by atoms with van der Waals surface area (Å²) in [6.07, 6.45) is 2.93. The third-order valence-electron chi connectivity index (χ3n) is 4.04. The molecule has 1 aromatic heterocycles. The molecule has 21 heavy (non-hydrogen) atoms. The Morgan fingerprint density at radius 2 is 2.24 bits per heavy atom. The van der Waals surface area contributed by atoms with E-state index in [1.165, 1.54) is 0 Å². The number of hydrogen-bond donors (Lipinski definition) is 2. The van der Waals surface area contributed by atoms with Gasteiger partial charge in [0.15, 0.2) is 0 Å². The van der Waals surface area contributed by atoms with Gasteiger partial charge in [0.2, 0.25) is 5.91 Å². The van der Waals surface area contributed by atoms with Crippen LogP contribution in [0.2, 0.25) is 0 Å². The van der Waals surface area contributed by atoms with Crippen LogP contribution in [0.4, 0.5) is 5.69 Å². The van der Waals surface area contributed by atoms with Crippen molar-refractivity contribution in [3.8, 4) is 0 Å². The monoisotopic (exact) mass is 288 g/mol. The lowest BCUT2D eigenvalue weighted by atomic mass is 9.90. The van der Waals surface area contributed by atoms with Crippen LogP contribution in [0, 0.1) is 0 Å². The van der Waals surface area contributed by atoms with Crippen molar-refractivity contribution < 1.29 is 9.53 Å². The second-order valence-corrected chi connectivity index (χ2v) is 5.46. The summed E-state index contributed by atoms with van der Waals surface area (Å²) < 4.78 is 7.17. The minimum atomic E-state index is -0.835. The summed E-state index contributed by atoms with van der Waals surface area (Å²) in [6, 6.07) is 5.77. The van der Waals surface area contributed by atoms with E-state index in [0.717, 1.165) is 23.1 Å². The van der Waals surface area contributed by atoms with E-state index in [-0.39, 0.29) is 5.91 Å². The van der Waals surface area contributed by atoms with Gasteiger partial charge in [0.1, 0.15) is 5.54 Å². The van der Waals surface area contributed by atoms with Crippen molar-refractivity contribution in [1.82, 2.24) is 9.78 Å². The lowest BCUT2D eigenvalue weighted by Crippen LogP contribution is -2.54. The summed E-state index contributed by atoms with van der Waals surface area (Å²) >= 11 is 0. The minimum Gasteiger partial charge on any atom is -0.381 e. The fourth-order valence-electron chi connectivity index (χ4n) is 2.62. The van der Waals surface area contributed by atoms with Crippen molar-refractivity contribution in [2.75, 3.05) is 18.5 Å². The summed E-state index contributed by atoms with van der Waals surface area (Å²) in [5.74, 6) is -0.146. The minimum absolute atomic E-state index is 0.146. The van der Waals surface area contributed by atoms with Gasteiger partial charge in [-0.2, -0.15) is 5.10 Å². The Kier molecular flexibility index (Phi) is 3.65. The quantitative estimate of drug-likeness (QED) is 0.896. The molecule has 3 N–H and O–H groups in total. The van der Waals surface area contributed by atoms with Gasteiger partial charge in [-0.3, -0.25) is 9.48 Å². The third-order valence-corrected chi connectivity index (χ3v) is 4.04. The highest BCUT2D eigenvalue weighted by atomic mass is 16.5. The molecular formula is C15H20N4O2. The molecule has 1 saturated heterocycles. The van der Waals surface area contributed by atoms with Crippen LogP contribution >= 0.6 is 0 Å². The van der Waals surface area contributed by atoms with Crippen molar-refractivity contribution in [2.24, 2.45) is 5.73 Å². The van der Waals surface area contributed by atoms with Crippen LogP contribution in [0.15, 0.2) is 24.4 Å². The maximum Gasteiger partial charge on any atom is 0.244 e. The van der Waals surface area contributed by atoms with Gasteiger partial charge in [0.05, 0.1) is 11.7 Å². The summed E-state index contributed by atoms with van der Waals surface area (Å²) in [5, 5.41) is 8.28. The highest BCUT2D eigenvalue weighted by molar-refractivity contribution is 5.99. The first kappa shape index (κ1) is 14.0. The second kappa shape index (κ2) is 5.46. The number of amides is 1. The Balaban J connectivity index is 1.82. The molecule has 2 aromatic rings. The fraction of sp³-hybridized carbons (Fsp3) is 0.467. The number of aryl methyl sites for hydroxylation is 1. The van der Waals surface area contributed by atoms with Crippen LogP contribution in [0.3, 0.4) is 0 Å². The maximum absolute atomic E-state index is 12.4. The molecular weight excluding hydrogens is 268 g/mol. The number of benzene rings is 1. The molecule has 3 rings (SSSR count). The molecule has 112 valence electrons. The van der Waals surface area contributed by atoms with E-state index < -0.39 is 5.54 Å². The Morgan fingerprint density at radius 3 is 2.95 bits per heavy atom. The molecule has 2 heterocycles. The van der Waals surface area contributed by atoms with Gasteiger partial charge in [-0.1, -0.05) is 0 Å². The van der Waals surface area contributed by atoms with E-state index in [9.17, 15) is 4.79 Å².